The quantitative estimate of drug-likeness (QED) is 0.747. The van der Waals surface area contributed by atoms with Gasteiger partial charge in [0.25, 0.3) is 0 Å². The van der Waals surface area contributed by atoms with Crippen molar-refractivity contribution in [1.82, 2.24) is 9.55 Å². The van der Waals surface area contributed by atoms with Gasteiger partial charge < -0.3 is 14.7 Å². The zero-order valence-electron chi connectivity index (χ0n) is 9.28. The van der Waals surface area contributed by atoms with Gasteiger partial charge in [0.1, 0.15) is 5.76 Å². The number of aromatic nitrogens is 2. The number of imidazole rings is 1. The van der Waals surface area contributed by atoms with Crippen molar-refractivity contribution in [3.8, 4) is 0 Å². The Morgan fingerprint density at radius 1 is 1.24 bits per heavy atom. The monoisotopic (exact) mass is 227 g/mol. The number of fused-ring (bicyclic) bond motifs is 1. The number of benzene rings is 1. The lowest BCUT2D eigenvalue weighted by Crippen LogP contribution is -2.16. The summed E-state index contributed by atoms with van der Waals surface area (Å²) in [4.78, 5) is 4.33. The third-order valence-corrected chi connectivity index (χ3v) is 2.83. The van der Waals surface area contributed by atoms with E-state index in [4.69, 9.17) is 10.2 Å². The topological polar surface area (TPSA) is 57.0 Å². The van der Waals surface area contributed by atoms with Gasteiger partial charge in [0.15, 0.2) is 0 Å². The fourth-order valence-electron chi connectivity index (χ4n) is 1.96. The highest BCUT2D eigenvalue weighted by molar-refractivity contribution is 5.74. The molecule has 0 spiro atoms. The lowest BCUT2D eigenvalue weighted by Gasteiger charge is -2.10. The Morgan fingerprint density at radius 2 is 2.12 bits per heavy atom. The predicted octanol–water partition coefficient (Wildman–Crippen LogP) is 2.33. The van der Waals surface area contributed by atoms with Gasteiger partial charge in [-0.15, -0.1) is 0 Å². The van der Waals surface area contributed by atoms with E-state index in [2.05, 4.69) is 4.98 Å². The van der Waals surface area contributed by atoms with Crippen LogP contribution in [0.4, 0.5) is 0 Å². The van der Waals surface area contributed by atoms with Crippen molar-refractivity contribution in [3.63, 3.8) is 0 Å². The second-order valence-corrected chi connectivity index (χ2v) is 4.01. The van der Waals surface area contributed by atoms with Crippen LogP contribution in [0.3, 0.4) is 0 Å². The first-order chi connectivity index (χ1) is 8.34. The summed E-state index contributed by atoms with van der Waals surface area (Å²) in [5.74, 6) is 0.794. The smallest absolute Gasteiger partial charge is 0.122 e. The molecule has 4 nitrogen and oxygen atoms in total. The lowest BCUT2D eigenvalue weighted by molar-refractivity contribution is 0.438. The van der Waals surface area contributed by atoms with Crippen LogP contribution in [-0.2, 0) is 6.54 Å². The van der Waals surface area contributed by atoms with Crippen molar-refractivity contribution < 1.29 is 4.42 Å². The summed E-state index contributed by atoms with van der Waals surface area (Å²) in [6, 6.07) is 11.6. The molecule has 86 valence electrons. The minimum atomic E-state index is -0.150. The van der Waals surface area contributed by atoms with Gasteiger partial charge in [0.05, 0.1) is 29.7 Å². The Hall–Kier alpha value is -2.07. The van der Waals surface area contributed by atoms with E-state index >= 15 is 0 Å². The van der Waals surface area contributed by atoms with Crippen LogP contribution < -0.4 is 5.73 Å². The molecule has 2 heterocycles. The maximum absolute atomic E-state index is 6.08. The molecule has 4 heteroatoms. The summed E-state index contributed by atoms with van der Waals surface area (Å²) < 4.78 is 7.34. The van der Waals surface area contributed by atoms with E-state index in [-0.39, 0.29) is 6.04 Å². The van der Waals surface area contributed by atoms with Crippen LogP contribution in [0, 0.1) is 0 Å². The Morgan fingerprint density at radius 3 is 2.94 bits per heavy atom. The van der Waals surface area contributed by atoms with Crippen LogP contribution in [0.25, 0.3) is 11.0 Å². The van der Waals surface area contributed by atoms with Crippen molar-refractivity contribution in [2.45, 2.75) is 12.6 Å². The number of nitrogens with zero attached hydrogens (tertiary/aromatic N) is 2. The van der Waals surface area contributed by atoms with Gasteiger partial charge in [-0.05, 0) is 24.3 Å². The molecule has 3 rings (SSSR count). The van der Waals surface area contributed by atoms with E-state index in [1.807, 2.05) is 47.3 Å². The summed E-state index contributed by atoms with van der Waals surface area (Å²) >= 11 is 0. The number of para-hydroxylation sites is 2. The van der Waals surface area contributed by atoms with Gasteiger partial charge in [-0.2, -0.15) is 0 Å². The van der Waals surface area contributed by atoms with Gasteiger partial charge in [0.2, 0.25) is 0 Å². The van der Waals surface area contributed by atoms with Gasteiger partial charge in [-0.1, -0.05) is 12.1 Å². The van der Waals surface area contributed by atoms with Crippen molar-refractivity contribution in [2.24, 2.45) is 5.73 Å². The summed E-state index contributed by atoms with van der Waals surface area (Å²) in [5, 5.41) is 0. The Labute approximate surface area is 98.7 Å². The van der Waals surface area contributed by atoms with Crippen LogP contribution in [0.5, 0.6) is 0 Å². The van der Waals surface area contributed by atoms with Gasteiger partial charge in [-0.3, -0.25) is 0 Å². The third kappa shape index (κ3) is 1.83. The molecule has 0 saturated carbocycles. The van der Waals surface area contributed by atoms with Crippen LogP contribution in [-0.4, -0.2) is 9.55 Å². The van der Waals surface area contributed by atoms with E-state index in [0.29, 0.717) is 6.54 Å². The minimum Gasteiger partial charge on any atom is -0.468 e. The average Bonchev–Trinajstić information content (AvgIpc) is 2.98. The first-order valence-electron chi connectivity index (χ1n) is 5.53. The predicted molar refractivity (Wildman–Crippen MR) is 65.4 cm³/mol. The maximum atomic E-state index is 6.08. The number of hydrogen-bond acceptors (Lipinski definition) is 3. The van der Waals surface area contributed by atoms with Crippen LogP contribution in [0.2, 0.25) is 0 Å². The normalized spacial score (nSPS) is 13.0. The highest BCUT2D eigenvalue weighted by Gasteiger charge is 2.11. The van der Waals surface area contributed by atoms with Gasteiger partial charge >= 0.3 is 0 Å². The number of furan rings is 1. The van der Waals surface area contributed by atoms with E-state index in [0.717, 1.165) is 16.8 Å². The molecular weight excluding hydrogens is 214 g/mol. The Bertz CT molecular complexity index is 612. The number of hydrogen-bond donors (Lipinski definition) is 1. The summed E-state index contributed by atoms with van der Waals surface area (Å²) in [5.41, 5.74) is 8.16. The molecule has 2 N–H and O–H groups in total. The molecule has 0 aliphatic heterocycles. The first-order valence-corrected chi connectivity index (χ1v) is 5.53. The van der Waals surface area contributed by atoms with Crippen LogP contribution in [0.15, 0.2) is 53.4 Å². The molecular formula is C13H13N3O. The molecule has 0 aliphatic rings. The van der Waals surface area contributed by atoms with Crippen molar-refractivity contribution in [3.05, 3.63) is 54.7 Å². The lowest BCUT2D eigenvalue weighted by atomic mass is 10.2. The fourth-order valence-corrected chi connectivity index (χ4v) is 1.96. The Balaban J connectivity index is 1.90. The molecule has 0 saturated heterocycles. The SMILES string of the molecule is NC(Cn1cnc2ccccc21)c1ccco1. The molecule has 0 bridgehead atoms. The molecule has 0 fully saturated rings. The van der Waals surface area contributed by atoms with Crippen LogP contribution >= 0.6 is 0 Å². The zero-order chi connectivity index (χ0) is 11.7. The highest BCUT2D eigenvalue weighted by atomic mass is 16.3. The highest BCUT2D eigenvalue weighted by Crippen LogP contribution is 2.17. The maximum Gasteiger partial charge on any atom is 0.122 e. The summed E-state index contributed by atoms with van der Waals surface area (Å²) in [6.45, 7) is 0.661. The average molecular weight is 227 g/mol. The largest absolute Gasteiger partial charge is 0.468 e. The number of rotatable bonds is 3. The van der Waals surface area contributed by atoms with E-state index in [1.54, 1.807) is 6.26 Å². The molecule has 0 amide bonds. The molecule has 0 aliphatic carbocycles. The number of nitrogens with two attached hydrogens (primary N) is 1. The minimum absolute atomic E-state index is 0.150. The standard InChI is InChI=1S/C13H13N3O/c14-10(13-6-3-7-17-13)8-16-9-15-11-4-1-2-5-12(11)16/h1-7,9-10H,8,14H2. The summed E-state index contributed by atoms with van der Waals surface area (Å²) in [7, 11) is 0. The molecule has 3 aromatic rings. The molecule has 1 aromatic carbocycles. The molecule has 2 aromatic heterocycles. The Kier molecular flexibility index (Phi) is 2.42. The van der Waals surface area contributed by atoms with Crippen molar-refractivity contribution >= 4 is 11.0 Å². The van der Waals surface area contributed by atoms with Gasteiger partial charge in [-0.25, -0.2) is 4.98 Å². The molecule has 1 atom stereocenters. The van der Waals surface area contributed by atoms with Crippen LogP contribution in [0.1, 0.15) is 11.8 Å². The van der Waals surface area contributed by atoms with Gasteiger partial charge in [0, 0.05) is 6.54 Å². The second kappa shape index (κ2) is 4.07. The third-order valence-electron chi connectivity index (χ3n) is 2.83. The van der Waals surface area contributed by atoms with E-state index < -0.39 is 0 Å². The molecule has 17 heavy (non-hydrogen) atoms. The van der Waals surface area contributed by atoms with E-state index in [1.165, 1.54) is 0 Å². The molecule has 0 radical (unpaired) electrons. The summed E-state index contributed by atoms with van der Waals surface area (Å²) in [6.07, 6.45) is 3.45. The van der Waals surface area contributed by atoms with Crippen molar-refractivity contribution in [2.75, 3.05) is 0 Å². The first kappa shape index (κ1) is 10.1. The van der Waals surface area contributed by atoms with E-state index in [9.17, 15) is 0 Å². The molecule has 1 unspecified atom stereocenters. The zero-order valence-corrected chi connectivity index (χ0v) is 9.28. The fraction of sp³-hybridized carbons (Fsp3) is 0.154. The van der Waals surface area contributed by atoms with Crippen molar-refractivity contribution in [1.29, 1.82) is 0 Å². The second-order valence-electron chi connectivity index (χ2n) is 4.01.